The first kappa shape index (κ1) is 14.7. The van der Waals surface area contributed by atoms with Crippen molar-refractivity contribution in [3.05, 3.63) is 42.0 Å². The lowest BCUT2D eigenvalue weighted by Crippen LogP contribution is -2.27. The van der Waals surface area contributed by atoms with Gasteiger partial charge < -0.3 is 10.6 Å². The normalized spacial score (nSPS) is 15.6. The van der Waals surface area contributed by atoms with Crippen LogP contribution in [0.3, 0.4) is 0 Å². The zero-order valence-electron chi connectivity index (χ0n) is 12.5. The van der Waals surface area contributed by atoms with Crippen LogP contribution in [0.5, 0.6) is 0 Å². The number of anilines is 1. The molecule has 0 unspecified atom stereocenters. The van der Waals surface area contributed by atoms with E-state index in [2.05, 4.69) is 26.9 Å². The van der Waals surface area contributed by atoms with Crippen molar-refractivity contribution in [1.82, 2.24) is 20.5 Å². The van der Waals surface area contributed by atoms with E-state index in [0.29, 0.717) is 24.4 Å². The molecule has 0 saturated carbocycles. The van der Waals surface area contributed by atoms with Gasteiger partial charge >= 0.3 is 0 Å². The average molecular weight is 299 g/mol. The minimum Gasteiger partial charge on any atom is -0.323 e. The van der Waals surface area contributed by atoms with Gasteiger partial charge in [-0.05, 0) is 44.5 Å². The van der Waals surface area contributed by atoms with Crippen LogP contribution >= 0.6 is 0 Å². The maximum atomic E-state index is 11.9. The van der Waals surface area contributed by atoms with Crippen molar-refractivity contribution in [3.63, 3.8) is 0 Å². The number of nitrogens with zero attached hydrogens (tertiary/aromatic N) is 2. The van der Waals surface area contributed by atoms with Gasteiger partial charge in [-0.3, -0.25) is 14.9 Å². The Morgan fingerprint density at radius 1 is 1.32 bits per heavy atom. The molecule has 0 spiro atoms. The summed E-state index contributed by atoms with van der Waals surface area (Å²) in [6.07, 6.45) is 6.60. The summed E-state index contributed by atoms with van der Waals surface area (Å²) in [5.41, 5.74) is 2.84. The van der Waals surface area contributed by atoms with Crippen LogP contribution in [0, 0.1) is 0 Å². The van der Waals surface area contributed by atoms with Gasteiger partial charge in [0.2, 0.25) is 5.91 Å². The average Bonchev–Trinajstić information content (AvgIpc) is 3.07. The Morgan fingerprint density at radius 3 is 2.95 bits per heavy atom. The van der Waals surface area contributed by atoms with Gasteiger partial charge in [0, 0.05) is 29.9 Å². The number of aromatic amines is 1. The highest BCUT2D eigenvalue weighted by Crippen LogP contribution is 2.23. The van der Waals surface area contributed by atoms with Crippen molar-refractivity contribution in [2.24, 2.45) is 0 Å². The molecule has 0 atom stereocenters. The van der Waals surface area contributed by atoms with E-state index in [9.17, 15) is 4.79 Å². The van der Waals surface area contributed by atoms with Gasteiger partial charge in [0.1, 0.15) is 0 Å². The molecule has 3 N–H and O–H groups in total. The number of pyridine rings is 1. The highest BCUT2D eigenvalue weighted by atomic mass is 16.1. The summed E-state index contributed by atoms with van der Waals surface area (Å²) in [5.74, 6) is 0.524. The van der Waals surface area contributed by atoms with Gasteiger partial charge in [0.05, 0.1) is 11.9 Å². The maximum Gasteiger partial charge on any atom is 0.224 e. The van der Waals surface area contributed by atoms with Gasteiger partial charge in [-0.1, -0.05) is 6.07 Å². The maximum absolute atomic E-state index is 11.9. The fraction of sp³-hybridized carbons (Fsp3) is 0.438. The second-order valence-corrected chi connectivity index (χ2v) is 5.61. The van der Waals surface area contributed by atoms with Crippen molar-refractivity contribution in [1.29, 1.82) is 0 Å². The van der Waals surface area contributed by atoms with Gasteiger partial charge in [0.15, 0.2) is 0 Å². The quantitative estimate of drug-likeness (QED) is 0.787. The summed E-state index contributed by atoms with van der Waals surface area (Å²) in [6.45, 7) is 2.12. The molecule has 22 heavy (non-hydrogen) atoms. The van der Waals surface area contributed by atoms with Crippen molar-refractivity contribution in [2.75, 3.05) is 18.4 Å². The van der Waals surface area contributed by atoms with Crippen molar-refractivity contribution in [3.8, 4) is 0 Å². The topological polar surface area (TPSA) is 82.7 Å². The van der Waals surface area contributed by atoms with Gasteiger partial charge in [-0.2, -0.15) is 5.10 Å². The van der Waals surface area contributed by atoms with Crippen LogP contribution in [-0.2, 0) is 11.2 Å². The fourth-order valence-corrected chi connectivity index (χ4v) is 2.77. The molecule has 0 aliphatic carbocycles. The van der Waals surface area contributed by atoms with Gasteiger partial charge in [-0.25, -0.2) is 0 Å². The zero-order valence-corrected chi connectivity index (χ0v) is 12.5. The third kappa shape index (κ3) is 3.92. The minimum atomic E-state index is -0.0181. The number of nitrogens with one attached hydrogen (secondary N) is 3. The number of piperidine rings is 1. The monoisotopic (exact) mass is 299 g/mol. The standard InChI is InChI=1S/C16H21N5O/c22-16(21-14-10-18-19-11-14)5-4-13-2-1-3-15(20-13)12-6-8-17-9-7-12/h1-3,10-12,17H,4-9H2,(H,18,19)(H,21,22). The van der Waals surface area contributed by atoms with E-state index in [-0.39, 0.29) is 5.91 Å². The highest BCUT2D eigenvalue weighted by Gasteiger charge is 2.16. The lowest BCUT2D eigenvalue weighted by molar-refractivity contribution is -0.116. The van der Waals surface area contributed by atoms with E-state index in [1.54, 1.807) is 12.4 Å². The summed E-state index contributed by atoms with van der Waals surface area (Å²) in [5, 5.41) is 12.6. The first-order valence-corrected chi connectivity index (χ1v) is 7.76. The third-order valence-corrected chi connectivity index (χ3v) is 3.98. The number of carbonyl (C=O) groups is 1. The predicted octanol–water partition coefficient (Wildman–Crippen LogP) is 1.84. The first-order valence-electron chi connectivity index (χ1n) is 7.76. The van der Waals surface area contributed by atoms with E-state index in [4.69, 9.17) is 4.98 Å². The van der Waals surface area contributed by atoms with Crippen LogP contribution in [0.15, 0.2) is 30.6 Å². The molecule has 1 aliphatic rings. The number of rotatable bonds is 5. The SMILES string of the molecule is O=C(CCc1cccc(C2CCNCC2)n1)Nc1cn[nH]c1. The number of carbonyl (C=O) groups excluding carboxylic acids is 1. The van der Waals surface area contributed by atoms with E-state index in [1.807, 2.05) is 12.1 Å². The number of aromatic nitrogens is 3. The molecule has 6 nitrogen and oxygen atoms in total. The second kappa shape index (κ2) is 7.17. The molecule has 3 heterocycles. The Bertz CT molecular complexity index is 605. The Balaban J connectivity index is 1.54. The summed E-state index contributed by atoms with van der Waals surface area (Å²) in [7, 11) is 0. The van der Waals surface area contributed by atoms with Crippen LogP contribution in [-0.4, -0.2) is 34.2 Å². The molecular formula is C16H21N5O. The molecule has 2 aromatic rings. The minimum absolute atomic E-state index is 0.0181. The van der Waals surface area contributed by atoms with E-state index in [1.165, 1.54) is 0 Å². The molecule has 1 saturated heterocycles. The molecule has 0 radical (unpaired) electrons. The number of hydrogen-bond donors (Lipinski definition) is 3. The van der Waals surface area contributed by atoms with Crippen LogP contribution in [0.4, 0.5) is 5.69 Å². The fourth-order valence-electron chi connectivity index (χ4n) is 2.77. The Hall–Kier alpha value is -2.21. The van der Waals surface area contributed by atoms with E-state index >= 15 is 0 Å². The second-order valence-electron chi connectivity index (χ2n) is 5.61. The Labute approximate surface area is 129 Å². The van der Waals surface area contributed by atoms with E-state index in [0.717, 1.165) is 37.3 Å². The highest BCUT2D eigenvalue weighted by molar-refractivity contribution is 5.90. The molecule has 0 aromatic carbocycles. The lowest BCUT2D eigenvalue weighted by Gasteiger charge is -2.22. The smallest absolute Gasteiger partial charge is 0.224 e. The first-order chi connectivity index (χ1) is 10.8. The van der Waals surface area contributed by atoms with Crippen LogP contribution in [0.2, 0.25) is 0 Å². The van der Waals surface area contributed by atoms with Gasteiger partial charge in [-0.15, -0.1) is 0 Å². The molecule has 3 rings (SSSR count). The van der Waals surface area contributed by atoms with Crippen LogP contribution in [0.1, 0.15) is 36.6 Å². The number of hydrogen-bond acceptors (Lipinski definition) is 4. The van der Waals surface area contributed by atoms with Crippen molar-refractivity contribution >= 4 is 11.6 Å². The molecular weight excluding hydrogens is 278 g/mol. The summed E-state index contributed by atoms with van der Waals surface area (Å²) >= 11 is 0. The summed E-state index contributed by atoms with van der Waals surface area (Å²) in [6, 6.07) is 6.15. The Kier molecular flexibility index (Phi) is 4.80. The molecule has 1 fully saturated rings. The predicted molar refractivity (Wildman–Crippen MR) is 84.6 cm³/mol. The largest absolute Gasteiger partial charge is 0.323 e. The Morgan fingerprint density at radius 2 is 2.18 bits per heavy atom. The summed E-state index contributed by atoms with van der Waals surface area (Å²) in [4.78, 5) is 16.6. The van der Waals surface area contributed by atoms with E-state index < -0.39 is 0 Å². The number of amides is 1. The third-order valence-electron chi connectivity index (χ3n) is 3.98. The van der Waals surface area contributed by atoms with Crippen LogP contribution in [0.25, 0.3) is 0 Å². The molecule has 2 aromatic heterocycles. The van der Waals surface area contributed by atoms with Gasteiger partial charge in [0.25, 0.3) is 0 Å². The van der Waals surface area contributed by atoms with Crippen molar-refractivity contribution in [2.45, 2.75) is 31.6 Å². The summed E-state index contributed by atoms with van der Waals surface area (Å²) < 4.78 is 0. The number of H-pyrrole nitrogens is 1. The number of aryl methyl sites for hydroxylation is 1. The zero-order chi connectivity index (χ0) is 15.2. The molecule has 116 valence electrons. The van der Waals surface area contributed by atoms with Crippen LogP contribution < -0.4 is 10.6 Å². The molecule has 6 heteroatoms. The molecule has 1 amide bonds. The molecule has 1 aliphatic heterocycles. The molecule has 0 bridgehead atoms. The van der Waals surface area contributed by atoms with Crippen molar-refractivity contribution < 1.29 is 4.79 Å². The lowest BCUT2D eigenvalue weighted by atomic mass is 9.94.